The maximum absolute atomic E-state index is 12.4. The lowest BCUT2D eigenvalue weighted by Gasteiger charge is -2.03. The average molecular weight is 342 g/mol. The molecule has 6 nitrogen and oxygen atoms in total. The van der Waals surface area contributed by atoms with Crippen LogP contribution in [0.5, 0.6) is 0 Å². The fraction of sp³-hybridized carbons (Fsp3) is 0. The summed E-state index contributed by atoms with van der Waals surface area (Å²) < 4.78 is 0. The van der Waals surface area contributed by atoms with E-state index in [1.165, 1.54) is 0 Å². The second kappa shape index (κ2) is 6.60. The van der Waals surface area contributed by atoms with E-state index >= 15 is 0 Å². The summed E-state index contributed by atoms with van der Waals surface area (Å²) >= 11 is 0. The Morgan fingerprint density at radius 2 is 1.69 bits per heavy atom. The molecule has 0 aliphatic heterocycles. The van der Waals surface area contributed by atoms with Crippen LogP contribution in [0.1, 0.15) is 16.1 Å². The molecule has 0 bridgehead atoms. The van der Waals surface area contributed by atoms with E-state index < -0.39 is 5.91 Å². The molecule has 0 atom stereocenters. The van der Waals surface area contributed by atoms with Gasteiger partial charge in [0.05, 0.1) is 11.6 Å². The Balaban J connectivity index is 1.57. The number of nitrogens with zero attached hydrogens (tertiary/aromatic N) is 2. The van der Waals surface area contributed by atoms with Crippen molar-refractivity contribution in [3.05, 3.63) is 88.3 Å². The van der Waals surface area contributed by atoms with Crippen molar-refractivity contribution >= 4 is 33.7 Å². The maximum Gasteiger partial charge on any atom is 0.292 e. The van der Waals surface area contributed by atoms with Crippen LogP contribution >= 0.6 is 0 Å². The van der Waals surface area contributed by atoms with Crippen LogP contribution in [0.2, 0.25) is 0 Å². The molecule has 1 amide bonds. The lowest BCUT2D eigenvalue weighted by molar-refractivity contribution is 0.0951. The van der Waals surface area contributed by atoms with Crippen LogP contribution in [0.25, 0.3) is 21.5 Å². The van der Waals surface area contributed by atoms with Crippen LogP contribution in [-0.4, -0.2) is 22.3 Å². The summed E-state index contributed by atoms with van der Waals surface area (Å²) in [6, 6.07) is 20.7. The molecule has 0 radical (unpaired) electrons. The molecule has 0 saturated carbocycles. The topological polar surface area (TPSA) is 87.2 Å². The molecular formula is C20H14N4O2. The van der Waals surface area contributed by atoms with Gasteiger partial charge in [0.25, 0.3) is 11.5 Å². The Morgan fingerprint density at radius 1 is 0.962 bits per heavy atom. The number of carbonyl (C=O) groups excluding carboxylic acids is 1. The van der Waals surface area contributed by atoms with Crippen molar-refractivity contribution in [2.75, 3.05) is 0 Å². The summed E-state index contributed by atoms with van der Waals surface area (Å²) in [4.78, 5) is 24.1. The van der Waals surface area contributed by atoms with Gasteiger partial charge in [-0.05, 0) is 28.5 Å². The fourth-order valence-corrected chi connectivity index (χ4v) is 2.79. The standard InChI is InChI=1S/C20H14N4O2/c25-19-17-8-4-3-7-16(17)18(22-24-19)20(26)23-21-12-13-9-10-14-5-1-2-6-15(14)11-13/h1-12H,(H,23,26)(H,24,25)/b21-12-. The normalized spacial score (nSPS) is 11.2. The lowest BCUT2D eigenvalue weighted by atomic mass is 10.1. The van der Waals surface area contributed by atoms with E-state index in [0.29, 0.717) is 10.8 Å². The van der Waals surface area contributed by atoms with Gasteiger partial charge in [0.1, 0.15) is 0 Å². The van der Waals surface area contributed by atoms with Crippen LogP contribution in [0.15, 0.2) is 76.6 Å². The van der Waals surface area contributed by atoms with E-state index in [1.807, 2.05) is 42.5 Å². The van der Waals surface area contributed by atoms with Gasteiger partial charge in [-0.15, -0.1) is 0 Å². The van der Waals surface area contributed by atoms with E-state index in [-0.39, 0.29) is 11.3 Å². The first-order valence-electron chi connectivity index (χ1n) is 8.02. The molecule has 4 aromatic rings. The second-order valence-corrected chi connectivity index (χ2v) is 5.75. The average Bonchev–Trinajstić information content (AvgIpc) is 2.68. The van der Waals surface area contributed by atoms with Crippen molar-refractivity contribution in [2.24, 2.45) is 5.10 Å². The van der Waals surface area contributed by atoms with Gasteiger partial charge in [0, 0.05) is 5.39 Å². The highest BCUT2D eigenvalue weighted by Crippen LogP contribution is 2.15. The largest absolute Gasteiger partial charge is 0.292 e. The first-order valence-corrected chi connectivity index (χ1v) is 8.02. The van der Waals surface area contributed by atoms with Gasteiger partial charge in [-0.3, -0.25) is 9.59 Å². The first kappa shape index (κ1) is 15.7. The summed E-state index contributed by atoms with van der Waals surface area (Å²) in [5.41, 5.74) is 3.10. The summed E-state index contributed by atoms with van der Waals surface area (Å²) in [6.45, 7) is 0. The fourth-order valence-electron chi connectivity index (χ4n) is 2.79. The van der Waals surface area contributed by atoms with Gasteiger partial charge in [-0.2, -0.15) is 10.2 Å². The molecule has 0 aliphatic carbocycles. The number of nitrogens with one attached hydrogen (secondary N) is 2. The molecule has 0 spiro atoms. The summed E-state index contributed by atoms with van der Waals surface area (Å²) in [6.07, 6.45) is 1.57. The van der Waals surface area contributed by atoms with E-state index in [0.717, 1.165) is 16.3 Å². The van der Waals surface area contributed by atoms with Crippen molar-refractivity contribution in [3.8, 4) is 0 Å². The van der Waals surface area contributed by atoms with Crippen LogP contribution in [0.4, 0.5) is 0 Å². The number of hydrazone groups is 1. The van der Waals surface area contributed by atoms with Crippen molar-refractivity contribution < 1.29 is 4.79 Å². The Hall–Kier alpha value is -3.80. The van der Waals surface area contributed by atoms with E-state index in [2.05, 4.69) is 20.7 Å². The molecule has 0 unspecified atom stereocenters. The molecule has 0 fully saturated rings. The second-order valence-electron chi connectivity index (χ2n) is 5.75. The van der Waals surface area contributed by atoms with Gasteiger partial charge in [0.2, 0.25) is 0 Å². The Morgan fingerprint density at radius 3 is 2.54 bits per heavy atom. The lowest BCUT2D eigenvalue weighted by Crippen LogP contribution is -2.22. The van der Waals surface area contributed by atoms with Crippen molar-refractivity contribution in [1.82, 2.24) is 15.6 Å². The minimum absolute atomic E-state index is 0.121. The molecule has 1 aromatic heterocycles. The predicted molar refractivity (Wildman–Crippen MR) is 101 cm³/mol. The first-order chi connectivity index (χ1) is 12.7. The van der Waals surface area contributed by atoms with Crippen LogP contribution < -0.4 is 11.0 Å². The molecule has 126 valence electrons. The molecule has 26 heavy (non-hydrogen) atoms. The van der Waals surface area contributed by atoms with Gasteiger partial charge in [-0.25, -0.2) is 10.5 Å². The minimum atomic E-state index is -0.491. The summed E-state index contributed by atoms with van der Waals surface area (Å²) in [5, 5.41) is 13.3. The van der Waals surface area contributed by atoms with Gasteiger partial charge in [0.15, 0.2) is 5.69 Å². The third kappa shape index (κ3) is 2.95. The van der Waals surface area contributed by atoms with E-state index in [4.69, 9.17) is 0 Å². The van der Waals surface area contributed by atoms with Crippen LogP contribution in [0.3, 0.4) is 0 Å². The van der Waals surface area contributed by atoms with Crippen LogP contribution in [-0.2, 0) is 0 Å². The number of hydrogen-bond acceptors (Lipinski definition) is 4. The Bertz CT molecular complexity index is 1210. The molecule has 4 rings (SSSR count). The third-order valence-corrected chi connectivity index (χ3v) is 4.06. The molecule has 2 N–H and O–H groups in total. The molecule has 6 heteroatoms. The van der Waals surface area contributed by atoms with Gasteiger partial charge in [-0.1, -0.05) is 54.6 Å². The Kier molecular flexibility index (Phi) is 3.99. The highest BCUT2D eigenvalue weighted by Gasteiger charge is 2.13. The number of rotatable bonds is 3. The number of aromatic nitrogens is 2. The Labute approximate surface area is 148 Å². The highest BCUT2D eigenvalue weighted by molar-refractivity contribution is 6.05. The quantitative estimate of drug-likeness (QED) is 0.443. The van der Waals surface area contributed by atoms with Crippen molar-refractivity contribution in [2.45, 2.75) is 0 Å². The number of fused-ring (bicyclic) bond motifs is 2. The number of hydrogen-bond donors (Lipinski definition) is 2. The summed E-state index contributed by atoms with van der Waals surface area (Å²) in [5.74, 6) is -0.491. The van der Waals surface area contributed by atoms with E-state index in [9.17, 15) is 9.59 Å². The minimum Gasteiger partial charge on any atom is -0.267 e. The van der Waals surface area contributed by atoms with Gasteiger partial charge < -0.3 is 0 Å². The SMILES string of the molecule is O=C(N/N=C\c1ccc2ccccc2c1)c1n[nH]c(=O)c2ccccc12. The van der Waals surface area contributed by atoms with Crippen LogP contribution in [0, 0.1) is 0 Å². The van der Waals surface area contributed by atoms with Crippen molar-refractivity contribution in [3.63, 3.8) is 0 Å². The molecule has 0 saturated heterocycles. The molecule has 3 aromatic carbocycles. The van der Waals surface area contributed by atoms with Crippen molar-refractivity contribution in [1.29, 1.82) is 0 Å². The molecule has 0 aliphatic rings. The predicted octanol–water partition coefficient (Wildman–Crippen LogP) is 2.84. The molecule has 1 heterocycles. The highest BCUT2D eigenvalue weighted by atomic mass is 16.2. The number of H-pyrrole nitrogens is 1. The summed E-state index contributed by atoms with van der Waals surface area (Å²) in [7, 11) is 0. The number of benzene rings is 3. The zero-order valence-electron chi connectivity index (χ0n) is 13.6. The number of amides is 1. The third-order valence-electron chi connectivity index (χ3n) is 4.06. The van der Waals surface area contributed by atoms with E-state index in [1.54, 1.807) is 30.5 Å². The maximum atomic E-state index is 12.4. The smallest absolute Gasteiger partial charge is 0.267 e. The zero-order valence-corrected chi connectivity index (χ0v) is 13.6. The monoisotopic (exact) mass is 342 g/mol. The number of aromatic amines is 1. The molecular weight excluding hydrogens is 328 g/mol. The van der Waals surface area contributed by atoms with Gasteiger partial charge >= 0.3 is 0 Å². The zero-order chi connectivity index (χ0) is 17.9. The number of carbonyl (C=O) groups is 1.